The third-order valence-electron chi connectivity index (χ3n) is 8.11. The SMILES string of the molecule is Cc1cc(CC(=O)c2cn(C)c3cc(C4CC4)ccc23)cnc1C1=CCC(N2CCOCC2)CC1. The van der Waals surface area contributed by atoms with Crippen LogP contribution < -0.4 is 0 Å². The standard InChI is InChI=1S/C30H35N3O2/c1-20-15-21(18-31-30(20)23-5-8-25(9-6-23)33-11-13-35-14-12-33)16-29(34)27-19-32(2)28-17-24(22-3-4-22)7-10-26(27)28/h5,7,10,15,17-19,22,25H,3-4,6,8-9,11-14,16H2,1-2H3. The molecule has 182 valence electrons. The molecule has 1 aromatic carbocycles. The van der Waals surface area contributed by atoms with E-state index in [4.69, 9.17) is 9.72 Å². The van der Waals surface area contributed by atoms with Gasteiger partial charge in [0.25, 0.3) is 0 Å². The summed E-state index contributed by atoms with van der Waals surface area (Å²) in [5, 5.41) is 1.06. The minimum absolute atomic E-state index is 0.161. The van der Waals surface area contributed by atoms with E-state index in [9.17, 15) is 4.79 Å². The molecule has 2 fully saturated rings. The van der Waals surface area contributed by atoms with Gasteiger partial charge >= 0.3 is 0 Å². The number of carbonyl (C=O) groups is 1. The second-order valence-corrected chi connectivity index (χ2v) is 10.6. The average molecular weight is 470 g/mol. The summed E-state index contributed by atoms with van der Waals surface area (Å²) in [4.78, 5) is 20.7. The number of aromatic nitrogens is 2. The van der Waals surface area contributed by atoms with Crippen LogP contribution in [0.5, 0.6) is 0 Å². The molecule has 0 amide bonds. The van der Waals surface area contributed by atoms with Crippen LogP contribution in [0, 0.1) is 6.92 Å². The number of aryl methyl sites for hydroxylation is 2. The maximum Gasteiger partial charge on any atom is 0.169 e. The van der Waals surface area contributed by atoms with Gasteiger partial charge in [0.15, 0.2) is 5.78 Å². The zero-order valence-electron chi connectivity index (χ0n) is 20.9. The van der Waals surface area contributed by atoms with Crippen molar-refractivity contribution in [2.45, 2.75) is 57.4 Å². The highest BCUT2D eigenvalue weighted by Gasteiger charge is 2.26. The van der Waals surface area contributed by atoms with E-state index in [1.807, 2.05) is 19.4 Å². The summed E-state index contributed by atoms with van der Waals surface area (Å²) >= 11 is 0. The summed E-state index contributed by atoms with van der Waals surface area (Å²) in [7, 11) is 2.04. The van der Waals surface area contributed by atoms with Crippen molar-refractivity contribution in [3.8, 4) is 0 Å². The van der Waals surface area contributed by atoms with Gasteiger partial charge in [-0.25, -0.2) is 0 Å². The van der Waals surface area contributed by atoms with E-state index < -0.39 is 0 Å². The highest BCUT2D eigenvalue weighted by Crippen LogP contribution is 2.41. The lowest BCUT2D eigenvalue weighted by Gasteiger charge is -2.36. The number of ether oxygens (including phenoxy) is 1. The van der Waals surface area contributed by atoms with E-state index in [-0.39, 0.29) is 5.78 Å². The lowest BCUT2D eigenvalue weighted by molar-refractivity contribution is 0.0150. The Kier molecular flexibility index (Phi) is 6.07. The van der Waals surface area contributed by atoms with Crippen molar-refractivity contribution in [2.75, 3.05) is 26.3 Å². The van der Waals surface area contributed by atoms with E-state index in [1.165, 1.54) is 36.0 Å². The molecular weight excluding hydrogens is 434 g/mol. The summed E-state index contributed by atoms with van der Waals surface area (Å²) in [5.74, 6) is 0.875. The first kappa shape index (κ1) is 22.7. The van der Waals surface area contributed by atoms with Crippen molar-refractivity contribution in [3.63, 3.8) is 0 Å². The summed E-state index contributed by atoms with van der Waals surface area (Å²) in [5.41, 5.74) is 7.98. The zero-order chi connectivity index (χ0) is 23.9. The fraction of sp³-hybridized carbons (Fsp3) is 0.467. The van der Waals surface area contributed by atoms with E-state index >= 15 is 0 Å². The van der Waals surface area contributed by atoms with Gasteiger partial charge in [0, 0.05) is 61.5 Å². The van der Waals surface area contributed by atoms with Crippen LogP contribution in [0.3, 0.4) is 0 Å². The van der Waals surface area contributed by atoms with Crippen molar-refractivity contribution >= 4 is 22.3 Å². The second kappa shape index (κ2) is 9.36. The first-order valence-electron chi connectivity index (χ1n) is 13.2. The molecule has 1 unspecified atom stereocenters. The summed E-state index contributed by atoms with van der Waals surface area (Å²) < 4.78 is 7.61. The molecule has 5 nitrogen and oxygen atoms in total. The topological polar surface area (TPSA) is 47.4 Å². The third-order valence-corrected chi connectivity index (χ3v) is 8.11. The Bertz CT molecular complexity index is 1290. The van der Waals surface area contributed by atoms with E-state index in [1.54, 1.807) is 0 Å². The number of rotatable bonds is 6. The molecule has 0 spiro atoms. The van der Waals surface area contributed by atoms with Crippen molar-refractivity contribution in [1.29, 1.82) is 0 Å². The number of Topliss-reactive ketones (excluding diaryl/α,β-unsaturated/α-hetero) is 1. The molecule has 2 aromatic heterocycles. The number of fused-ring (bicyclic) bond motifs is 1. The quantitative estimate of drug-likeness (QED) is 0.450. The van der Waals surface area contributed by atoms with Crippen molar-refractivity contribution in [3.05, 3.63) is 70.7 Å². The van der Waals surface area contributed by atoms with Crippen LogP contribution in [-0.2, 0) is 18.2 Å². The van der Waals surface area contributed by atoms with E-state index in [0.29, 0.717) is 18.4 Å². The molecule has 5 heteroatoms. The maximum atomic E-state index is 13.3. The Morgan fingerprint density at radius 2 is 1.97 bits per heavy atom. The van der Waals surface area contributed by atoms with Gasteiger partial charge in [-0.2, -0.15) is 0 Å². The lowest BCUT2D eigenvalue weighted by atomic mass is 9.90. The Morgan fingerprint density at radius 3 is 2.69 bits per heavy atom. The van der Waals surface area contributed by atoms with Crippen LogP contribution in [0.2, 0.25) is 0 Å². The van der Waals surface area contributed by atoms with Gasteiger partial charge in [0.05, 0.1) is 18.9 Å². The van der Waals surface area contributed by atoms with Crippen LogP contribution in [0.25, 0.3) is 16.5 Å². The predicted octanol–water partition coefficient (Wildman–Crippen LogP) is 5.45. The third kappa shape index (κ3) is 4.60. The number of morpholine rings is 1. The van der Waals surface area contributed by atoms with Crippen LogP contribution in [0.15, 0.2) is 42.7 Å². The Labute approximate surface area is 207 Å². The fourth-order valence-corrected chi connectivity index (χ4v) is 5.95. The molecule has 35 heavy (non-hydrogen) atoms. The fourth-order valence-electron chi connectivity index (χ4n) is 5.95. The van der Waals surface area contributed by atoms with Crippen molar-refractivity contribution < 1.29 is 9.53 Å². The molecule has 6 rings (SSSR count). The monoisotopic (exact) mass is 469 g/mol. The molecule has 1 atom stereocenters. The van der Waals surface area contributed by atoms with Gasteiger partial charge in [0.1, 0.15) is 0 Å². The molecule has 3 aliphatic rings. The van der Waals surface area contributed by atoms with Crippen molar-refractivity contribution in [2.24, 2.45) is 7.05 Å². The summed E-state index contributed by atoms with van der Waals surface area (Å²) in [6, 6.07) is 9.40. The van der Waals surface area contributed by atoms with Gasteiger partial charge in [0.2, 0.25) is 0 Å². The number of allylic oxidation sites excluding steroid dienone is 1. The van der Waals surface area contributed by atoms with Gasteiger partial charge in [-0.15, -0.1) is 0 Å². The minimum Gasteiger partial charge on any atom is -0.379 e. The highest BCUT2D eigenvalue weighted by molar-refractivity contribution is 6.09. The van der Waals surface area contributed by atoms with Crippen LogP contribution in [0.4, 0.5) is 0 Å². The number of nitrogens with zero attached hydrogens (tertiary/aromatic N) is 3. The Balaban J connectivity index is 1.16. The Morgan fingerprint density at radius 1 is 1.14 bits per heavy atom. The normalized spacial score (nSPS) is 21.3. The number of hydrogen-bond donors (Lipinski definition) is 0. The summed E-state index contributed by atoms with van der Waals surface area (Å²) in [6.45, 7) is 5.93. The molecule has 1 aliphatic heterocycles. The maximum absolute atomic E-state index is 13.3. The largest absolute Gasteiger partial charge is 0.379 e. The number of ketones is 1. The number of hydrogen-bond acceptors (Lipinski definition) is 4. The lowest BCUT2D eigenvalue weighted by Crippen LogP contribution is -2.43. The number of benzene rings is 1. The summed E-state index contributed by atoms with van der Waals surface area (Å²) in [6.07, 6.45) is 12.6. The molecule has 1 saturated heterocycles. The number of pyridine rings is 1. The first-order chi connectivity index (χ1) is 17.1. The number of carbonyl (C=O) groups excluding carboxylic acids is 1. The predicted molar refractivity (Wildman–Crippen MR) is 140 cm³/mol. The molecule has 2 aliphatic carbocycles. The molecule has 3 heterocycles. The van der Waals surface area contributed by atoms with Gasteiger partial charge in [-0.1, -0.05) is 24.3 Å². The van der Waals surface area contributed by atoms with Gasteiger partial charge < -0.3 is 9.30 Å². The van der Waals surface area contributed by atoms with E-state index in [2.05, 4.69) is 46.7 Å². The van der Waals surface area contributed by atoms with Crippen LogP contribution >= 0.6 is 0 Å². The van der Waals surface area contributed by atoms with E-state index in [0.717, 1.165) is 66.9 Å². The Hall–Kier alpha value is -2.76. The molecule has 1 saturated carbocycles. The highest BCUT2D eigenvalue weighted by atomic mass is 16.5. The first-order valence-corrected chi connectivity index (χ1v) is 13.2. The zero-order valence-corrected chi connectivity index (χ0v) is 20.9. The minimum atomic E-state index is 0.161. The molecule has 0 radical (unpaired) electrons. The van der Waals surface area contributed by atoms with Gasteiger partial charge in [-0.05, 0) is 73.3 Å². The smallest absolute Gasteiger partial charge is 0.169 e. The van der Waals surface area contributed by atoms with Crippen LogP contribution in [0.1, 0.15) is 70.8 Å². The van der Waals surface area contributed by atoms with Crippen molar-refractivity contribution in [1.82, 2.24) is 14.5 Å². The molecule has 0 N–H and O–H groups in total. The average Bonchev–Trinajstić information content (AvgIpc) is 3.68. The van der Waals surface area contributed by atoms with Gasteiger partial charge in [-0.3, -0.25) is 14.7 Å². The molecular formula is C30H35N3O2. The molecule has 0 bridgehead atoms. The van der Waals surface area contributed by atoms with Crippen LogP contribution in [-0.4, -0.2) is 52.6 Å². The molecule has 3 aromatic rings. The second-order valence-electron chi connectivity index (χ2n) is 10.6.